The van der Waals surface area contributed by atoms with Crippen LogP contribution in [-0.2, 0) is 6.54 Å². The van der Waals surface area contributed by atoms with E-state index in [0.717, 1.165) is 33.6 Å². The number of fused-ring (bicyclic) bond motifs is 1. The third-order valence-corrected chi connectivity index (χ3v) is 3.69. The summed E-state index contributed by atoms with van der Waals surface area (Å²) >= 11 is 1.51. The van der Waals surface area contributed by atoms with E-state index < -0.39 is 0 Å². The maximum atomic E-state index is 5.77. The number of aromatic nitrogens is 2. The normalized spacial score (nSPS) is 11.6. The molecule has 20 heavy (non-hydrogen) atoms. The molecule has 3 rings (SSSR count). The van der Waals surface area contributed by atoms with Crippen molar-refractivity contribution in [1.82, 2.24) is 15.3 Å². The number of furan rings is 1. The Hall–Kier alpha value is -1.72. The van der Waals surface area contributed by atoms with Gasteiger partial charge in [-0.1, -0.05) is 26.0 Å². The Morgan fingerprint density at radius 1 is 1.25 bits per heavy atom. The Balaban J connectivity index is 1.71. The molecule has 5 heteroatoms. The molecule has 0 saturated heterocycles. The highest BCUT2D eigenvalue weighted by Gasteiger charge is 2.08. The van der Waals surface area contributed by atoms with Gasteiger partial charge in [0.1, 0.15) is 5.76 Å². The third-order valence-electron chi connectivity index (χ3n) is 2.89. The van der Waals surface area contributed by atoms with Crippen LogP contribution >= 0.6 is 11.8 Å². The molecule has 2 N–H and O–H groups in total. The fourth-order valence-corrected chi connectivity index (χ4v) is 2.67. The molecule has 0 unspecified atom stereocenters. The van der Waals surface area contributed by atoms with E-state index in [9.17, 15) is 0 Å². The van der Waals surface area contributed by atoms with E-state index in [2.05, 4.69) is 29.1 Å². The molecule has 0 bridgehead atoms. The molecule has 3 aromatic rings. The Bertz CT molecular complexity index is 669. The van der Waals surface area contributed by atoms with Gasteiger partial charge in [0.25, 0.3) is 0 Å². The first-order chi connectivity index (χ1) is 9.70. The molecular weight excluding hydrogens is 270 g/mol. The first-order valence-electron chi connectivity index (χ1n) is 6.65. The van der Waals surface area contributed by atoms with Gasteiger partial charge in [0.05, 0.1) is 17.6 Å². The minimum atomic E-state index is 0.451. The smallest absolute Gasteiger partial charge is 0.174 e. The van der Waals surface area contributed by atoms with Crippen LogP contribution in [0.25, 0.3) is 11.0 Å². The van der Waals surface area contributed by atoms with Crippen molar-refractivity contribution in [3.63, 3.8) is 0 Å². The van der Waals surface area contributed by atoms with Crippen LogP contribution in [0.5, 0.6) is 0 Å². The van der Waals surface area contributed by atoms with E-state index in [1.54, 1.807) is 0 Å². The van der Waals surface area contributed by atoms with Gasteiger partial charge in [0.15, 0.2) is 10.2 Å². The fraction of sp³-hybridized carbons (Fsp3) is 0.267. The van der Waals surface area contributed by atoms with Crippen molar-refractivity contribution < 1.29 is 4.42 Å². The van der Waals surface area contributed by atoms with Crippen LogP contribution in [0, 0.1) is 0 Å². The van der Waals surface area contributed by atoms with Crippen LogP contribution in [0.2, 0.25) is 0 Å². The van der Waals surface area contributed by atoms with Crippen molar-refractivity contribution in [1.29, 1.82) is 0 Å². The van der Waals surface area contributed by atoms with Gasteiger partial charge < -0.3 is 14.7 Å². The number of hydrogen-bond donors (Lipinski definition) is 2. The second-order valence-corrected chi connectivity index (χ2v) is 5.91. The monoisotopic (exact) mass is 287 g/mol. The van der Waals surface area contributed by atoms with Crippen LogP contribution in [0.3, 0.4) is 0 Å². The van der Waals surface area contributed by atoms with Gasteiger partial charge in [-0.25, -0.2) is 4.98 Å². The van der Waals surface area contributed by atoms with Crippen molar-refractivity contribution >= 4 is 22.8 Å². The molecule has 0 saturated carbocycles. The summed E-state index contributed by atoms with van der Waals surface area (Å²) in [6.07, 6.45) is 0. The van der Waals surface area contributed by atoms with Crippen molar-refractivity contribution in [3.05, 3.63) is 42.2 Å². The first-order valence-corrected chi connectivity index (χ1v) is 7.47. The topological polar surface area (TPSA) is 53.9 Å². The molecule has 0 atom stereocenters. The summed E-state index contributed by atoms with van der Waals surface area (Å²) in [6, 6.07) is 12.4. The zero-order valence-corrected chi connectivity index (χ0v) is 12.3. The number of H-pyrrole nitrogens is 1. The van der Waals surface area contributed by atoms with E-state index in [4.69, 9.17) is 4.42 Å². The number of benzene rings is 1. The predicted octanol–water partition coefficient (Wildman–Crippen LogP) is 3.81. The molecule has 0 fully saturated rings. The minimum Gasteiger partial charge on any atom is -0.453 e. The number of nitrogens with zero attached hydrogens (tertiary/aromatic N) is 1. The van der Waals surface area contributed by atoms with Gasteiger partial charge in [0, 0.05) is 6.04 Å². The number of para-hydroxylation sites is 2. The van der Waals surface area contributed by atoms with Crippen molar-refractivity contribution in [2.75, 3.05) is 0 Å². The molecule has 1 aromatic carbocycles. The van der Waals surface area contributed by atoms with E-state index in [1.807, 2.05) is 36.4 Å². The largest absolute Gasteiger partial charge is 0.453 e. The summed E-state index contributed by atoms with van der Waals surface area (Å²) in [6.45, 7) is 4.98. The predicted molar refractivity (Wildman–Crippen MR) is 80.9 cm³/mol. The maximum Gasteiger partial charge on any atom is 0.174 e. The standard InChI is InChI=1S/C15H17N3OS/c1-10(2)16-9-11-7-8-14(19-11)20-15-17-12-5-3-4-6-13(12)18-15/h3-8,10,16H,9H2,1-2H3,(H,17,18). The zero-order valence-electron chi connectivity index (χ0n) is 11.5. The summed E-state index contributed by atoms with van der Waals surface area (Å²) in [5, 5.41) is 5.04. The average Bonchev–Trinajstić information content (AvgIpc) is 3.02. The van der Waals surface area contributed by atoms with Crippen molar-refractivity contribution in [2.24, 2.45) is 0 Å². The number of rotatable bonds is 5. The van der Waals surface area contributed by atoms with Gasteiger partial charge in [-0.2, -0.15) is 0 Å². The highest BCUT2D eigenvalue weighted by molar-refractivity contribution is 7.99. The quantitative estimate of drug-likeness (QED) is 0.749. The zero-order chi connectivity index (χ0) is 13.9. The summed E-state index contributed by atoms with van der Waals surface area (Å²) in [4.78, 5) is 7.80. The molecule has 2 aromatic heterocycles. The van der Waals surface area contributed by atoms with Gasteiger partial charge in [0.2, 0.25) is 0 Å². The number of aromatic amines is 1. The maximum absolute atomic E-state index is 5.77. The Labute approximate surface area is 122 Å². The molecule has 2 heterocycles. The van der Waals surface area contributed by atoms with E-state index in [1.165, 1.54) is 11.8 Å². The molecule has 0 aliphatic carbocycles. The molecule has 104 valence electrons. The molecule has 0 aliphatic heterocycles. The lowest BCUT2D eigenvalue weighted by Crippen LogP contribution is -2.21. The van der Waals surface area contributed by atoms with E-state index in [-0.39, 0.29) is 0 Å². The lowest BCUT2D eigenvalue weighted by Gasteiger charge is -2.04. The number of nitrogens with one attached hydrogen (secondary N) is 2. The van der Waals surface area contributed by atoms with Crippen LogP contribution in [0.1, 0.15) is 19.6 Å². The van der Waals surface area contributed by atoms with Crippen LogP contribution in [0.4, 0.5) is 0 Å². The van der Waals surface area contributed by atoms with Gasteiger partial charge in [-0.15, -0.1) is 0 Å². The van der Waals surface area contributed by atoms with Crippen molar-refractivity contribution in [2.45, 2.75) is 36.7 Å². The lowest BCUT2D eigenvalue weighted by molar-refractivity contribution is 0.408. The molecule has 4 nitrogen and oxygen atoms in total. The summed E-state index contributed by atoms with van der Waals surface area (Å²) in [5.74, 6) is 0.942. The van der Waals surface area contributed by atoms with Crippen molar-refractivity contribution in [3.8, 4) is 0 Å². The van der Waals surface area contributed by atoms with E-state index >= 15 is 0 Å². The van der Waals surface area contributed by atoms with Crippen LogP contribution in [0.15, 0.2) is 51.1 Å². The second-order valence-electron chi connectivity index (χ2n) is 4.92. The van der Waals surface area contributed by atoms with Crippen LogP contribution < -0.4 is 5.32 Å². The van der Waals surface area contributed by atoms with Gasteiger partial charge >= 0.3 is 0 Å². The molecule has 0 radical (unpaired) electrons. The highest BCUT2D eigenvalue weighted by Crippen LogP contribution is 2.28. The molecule has 0 spiro atoms. The Kier molecular flexibility index (Phi) is 3.80. The average molecular weight is 287 g/mol. The summed E-state index contributed by atoms with van der Waals surface area (Å²) in [7, 11) is 0. The van der Waals surface area contributed by atoms with Gasteiger partial charge in [-0.05, 0) is 36.0 Å². The first kappa shape index (κ1) is 13.3. The molecular formula is C15H17N3OS. The minimum absolute atomic E-state index is 0.451. The fourth-order valence-electron chi connectivity index (χ4n) is 1.89. The lowest BCUT2D eigenvalue weighted by atomic mass is 10.3. The Morgan fingerprint density at radius 2 is 2.10 bits per heavy atom. The second kappa shape index (κ2) is 5.73. The van der Waals surface area contributed by atoms with Crippen LogP contribution in [-0.4, -0.2) is 16.0 Å². The molecule has 0 amide bonds. The SMILES string of the molecule is CC(C)NCc1ccc(Sc2nc3ccccc3[nH]2)o1. The number of hydrogen-bond acceptors (Lipinski definition) is 4. The van der Waals surface area contributed by atoms with Gasteiger partial charge in [-0.3, -0.25) is 0 Å². The molecule has 0 aliphatic rings. The third kappa shape index (κ3) is 3.05. The number of imidazole rings is 1. The summed E-state index contributed by atoms with van der Waals surface area (Å²) < 4.78 is 5.77. The Morgan fingerprint density at radius 3 is 2.90 bits per heavy atom. The highest BCUT2D eigenvalue weighted by atomic mass is 32.2. The summed E-state index contributed by atoms with van der Waals surface area (Å²) in [5.41, 5.74) is 2.02. The van der Waals surface area contributed by atoms with E-state index in [0.29, 0.717) is 6.04 Å².